The first kappa shape index (κ1) is 22.7. The predicted octanol–water partition coefficient (Wildman–Crippen LogP) is 5.15. The number of fused-ring (bicyclic) bond motifs is 1. The summed E-state index contributed by atoms with van der Waals surface area (Å²) in [6.45, 7) is 4.31. The van der Waals surface area contributed by atoms with Crippen LogP contribution >= 0.6 is 0 Å². The van der Waals surface area contributed by atoms with E-state index in [1.165, 1.54) is 37.6 Å². The van der Waals surface area contributed by atoms with Crippen LogP contribution in [0.5, 0.6) is 5.75 Å². The summed E-state index contributed by atoms with van der Waals surface area (Å²) in [5.41, 5.74) is 1.74. The summed E-state index contributed by atoms with van der Waals surface area (Å²) in [4.78, 5) is 13.1. The third-order valence-corrected chi connectivity index (χ3v) is 7.43. The van der Waals surface area contributed by atoms with E-state index in [9.17, 15) is 17.6 Å². The van der Waals surface area contributed by atoms with Crippen molar-refractivity contribution in [2.24, 2.45) is 0 Å². The summed E-state index contributed by atoms with van der Waals surface area (Å²) in [5.74, 6) is 0.341. The maximum atomic E-state index is 13.5. The minimum atomic E-state index is -4.08. The van der Waals surface area contributed by atoms with E-state index in [0.29, 0.717) is 11.3 Å². The van der Waals surface area contributed by atoms with Crippen LogP contribution in [-0.2, 0) is 16.4 Å². The van der Waals surface area contributed by atoms with E-state index in [1.54, 1.807) is 47.0 Å². The molecule has 5 nitrogen and oxygen atoms in total. The summed E-state index contributed by atoms with van der Waals surface area (Å²) in [7, 11) is -2.60. The number of ether oxygens (including phenoxy) is 1. The molecule has 0 fully saturated rings. The average molecular weight is 466 g/mol. The molecule has 170 valence electrons. The van der Waals surface area contributed by atoms with Crippen molar-refractivity contribution < 1.29 is 17.5 Å². The standard InChI is InChI=1S/C26H24FNO4S/c1-17(2)19-6-11-22(12-7-19)33(30,31)25-16-28(15-18-4-8-20(27)9-5-18)24-13-10-21(32-3)14-23(24)26(25)29/h4-14,16-17H,15H2,1-3H3. The third-order valence-electron chi connectivity index (χ3n) is 5.67. The van der Waals surface area contributed by atoms with Crippen LogP contribution in [-0.4, -0.2) is 20.1 Å². The number of aromatic nitrogens is 1. The summed E-state index contributed by atoms with van der Waals surface area (Å²) < 4.78 is 47.3. The van der Waals surface area contributed by atoms with Gasteiger partial charge in [0, 0.05) is 12.7 Å². The Morgan fingerprint density at radius 2 is 1.64 bits per heavy atom. The number of methoxy groups -OCH3 is 1. The van der Waals surface area contributed by atoms with Crippen LogP contribution in [0.3, 0.4) is 0 Å². The lowest BCUT2D eigenvalue weighted by atomic mass is 10.0. The highest BCUT2D eigenvalue weighted by Crippen LogP contribution is 2.26. The molecule has 4 rings (SSSR count). The zero-order valence-corrected chi connectivity index (χ0v) is 19.4. The molecule has 0 atom stereocenters. The van der Waals surface area contributed by atoms with Gasteiger partial charge in [-0.2, -0.15) is 0 Å². The molecule has 1 aromatic heterocycles. The second-order valence-electron chi connectivity index (χ2n) is 8.19. The van der Waals surface area contributed by atoms with E-state index in [0.717, 1.165) is 11.1 Å². The first-order chi connectivity index (χ1) is 15.7. The van der Waals surface area contributed by atoms with Crippen LogP contribution in [0.25, 0.3) is 10.9 Å². The van der Waals surface area contributed by atoms with Gasteiger partial charge in [-0.15, -0.1) is 0 Å². The number of hydrogen-bond acceptors (Lipinski definition) is 4. The van der Waals surface area contributed by atoms with Crippen molar-refractivity contribution in [3.8, 4) is 5.75 Å². The summed E-state index contributed by atoms with van der Waals surface area (Å²) in [6.07, 6.45) is 1.37. The molecule has 0 N–H and O–H groups in total. The topological polar surface area (TPSA) is 65.4 Å². The van der Waals surface area contributed by atoms with E-state index in [4.69, 9.17) is 4.74 Å². The van der Waals surface area contributed by atoms with E-state index in [2.05, 4.69) is 0 Å². The van der Waals surface area contributed by atoms with Gasteiger partial charge in [-0.1, -0.05) is 38.1 Å². The first-order valence-corrected chi connectivity index (χ1v) is 12.0. The van der Waals surface area contributed by atoms with Crippen LogP contribution in [0, 0.1) is 5.82 Å². The maximum Gasteiger partial charge on any atom is 0.211 e. The molecule has 7 heteroatoms. The lowest BCUT2D eigenvalue weighted by molar-refractivity contribution is 0.415. The number of rotatable bonds is 6. The van der Waals surface area contributed by atoms with E-state index < -0.39 is 15.3 Å². The molecule has 3 aromatic carbocycles. The van der Waals surface area contributed by atoms with Crippen molar-refractivity contribution >= 4 is 20.7 Å². The highest BCUT2D eigenvalue weighted by atomic mass is 32.2. The summed E-state index contributed by atoms with van der Waals surface area (Å²) in [5, 5.41) is 0.233. The number of hydrogen-bond donors (Lipinski definition) is 0. The fraction of sp³-hybridized carbons (Fsp3) is 0.192. The smallest absolute Gasteiger partial charge is 0.211 e. The number of nitrogens with zero attached hydrogens (tertiary/aromatic N) is 1. The Morgan fingerprint density at radius 1 is 0.970 bits per heavy atom. The monoisotopic (exact) mass is 465 g/mol. The minimum Gasteiger partial charge on any atom is -0.497 e. The maximum absolute atomic E-state index is 13.5. The highest BCUT2D eigenvalue weighted by Gasteiger charge is 2.24. The van der Waals surface area contributed by atoms with Gasteiger partial charge in [0.25, 0.3) is 0 Å². The van der Waals surface area contributed by atoms with Crippen LogP contribution in [0.15, 0.2) is 87.5 Å². The van der Waals surface area contributed by atoms with Crippen molar-refractivity contribution in [3.63, 3.8) is 0 Å². The van der Waals surface area contributed by atoms with Crippen molar-refractivity contribution in [1.82, 2.24) is 4.57 Å². The Kier molecular flexibility index (Phi) is 6.08. The fourth-order valence-corrected chi connectivity index (χ4v) is 5.11. The van der Waals surface area contributed by atoms with Gasteiger partial charge in [-0.25, -0.2) is 12.8 Å². The molecule has 0 unspecified atom stereocenters. The molecule has 0 bridgehead atoms. The molecule has 0 amide bonds. The fourth-order valence-electron chi connectivity index (χ4n) is 3.74. The SMILES string of the molecule is COc1ccc2c(c1)c(=O)c(S(=O)(=O)c1ccc(C(C)C)cc1)cn2Cc1ccc(F)cc1. The first-order valence-electron chi connectivity index (χ1n) is 10.5. The van der Waals surface area contributed by atoms with Crippen molar-refractivity contribution in [2.45, 2.75) is 36.1 Å². The lowest BCUT2D eigenvalue weighted by Gasteiger charge is -2.15. The molecule has 0 aliphatic heterocycles. The zero-order chi connectivity index (χ0) is 23.8. The molecule has 0 saturated heterocycles. The second-order valence-corrected chi connectivity index (χ2v) is 10.1. The normalized spacial score (nSPS) is 11.8. The molecule has 0 saturated carbocycles. The Morgan fingerprint density at radius 3 is 2.24 bits per heavy atom. The Hall–Kier alpha value is -3.45. The van der Waals surface area contributed by atoms with Gasteiger partial charge in [-0.3, -0.25) is 4.79 Å². The highest BCUT2D eigenvalue weighted by molar-refractivity contribution is 7.91. The Labute approximate surface area is 192 Å². The zero-order valence-electron chi connectivity index (χ0n) is 18.6. The van der Waals surface area contributed by atoms with Crippen molar-refractivity contribution in [3.05, 3.63) is 100 Å². The molecule has 4 aromatic rings. The van der Waals surface area contributed by atoms with Crippen LogP contribution in [0.4, 0.5) is 4.39 Å². The molecule has 1 heterocycles. The van der Waals surface area contributed by atoms with Gasteiger partial charge in [0.2, 0.25) is 15.3 Å². The van der Waals surface area contributed by atoms with Crippen LogP contribution in [0.1, 0.15) is 30.9 Å². The molecular weight excluding hydrogens is 441 g/mol. The molecular formula is C26H24FNO4S. The number of sulfone groups is 1. The predicted molar refractivity (Wildman–Crippen MR) is 126 cm³/mol. The van der Waals surface area contributed by atoms with Crippen LogP contribution in [0.2, 0.25) is 0 Å². The molecule has 0 aliphatic rings. The molecule has 33 heavy (non-hydrogen) atoms. The van der Waals surface area contributed by atoms with Crippen molar-refractivity contribution in [2.75, 3.05) is 7.11 Å². The van der Waals surface area contributed by atoms with E-state index >= 15 is 0 Å². The van der Waals surface area contributed by atoms with Gasteiger partial charge in [0.05, 0.1) is 22.9 Å². The van der Waals surface area contributed by atoms with Gasteiger partial charge >= 0.3 is 0 Å². The minimum absolute atomic E-state index is 0.0552. The average Bonchev–Trinajstić information content (AvgIpc) is 2.81. The van der Waals surface area contributed by atoms with Gasteiger partial charge in [-0.05, 0) is 59.5 Å². The van der Waals surface area contributed by atoms with Crippen LogP contribution < -0.4 is 10.2 Å². The lowest BCUT2D eigenvalue weighted by Crippen LogP contribution is -2.19. The second kappa shape index (κ2) is 8.83. The van der Waals surface area contributed by atoms with E-state index in [-0.39, 0.29) is 33.5 Å². The summed E-state index contributed by atoms with van der Waals surface area (Å²) in [6, 6.07) is 17.5. The number of halogens is 1. The molecule has 0 aliphatic carbocycles. The summed E-state index contributed by atoms with van der Waals surface area (Å²) >= 11 is 0. The molecule has 0 radical (unpaired) electrons. The quantitative estimate of drug-likeness (QED) is 0.395. The van der Waals surface area contributed by atoms with E-state index in [1.807, 2.05) is 13.8 Å². The van der Waals surface area contributed by atoms with Gasteiger partial charge in [0.1, 0.15) is 16.5 Å². The Bertz CT molecular complexity index is 1470. The number of benzene rings is 3. The van der Waals surface area contributed by atoms with Gasteiger partial charge in [0.15, 0.2) is 0 Å². The largest absolute Gasteiger partial charge is 0.497 e. The number of pyridine rings is 1. The van der Waals surface area contributed by atoms with Gasteiger partial charge < -0.3 is 9.30 Å². The Balaban J connectivity index is 1.92. The third kappa shape index (κ3) is 4.41. The van der Waals surface area contributed by atoms with Crippen molar-refractivity contribution in [1.29, 1.82) is 0 Å². The molecule has 0 spiro atoms.